The summed E-state index contributed by atoms with van der Waals surface area (Å²) < 4.78 is 10.2. The Morgan fingerprint density at radius 1 is 1.46 bits per heavy atom. The molecular weight excluding hydrogens is 168 g/mol. The van der Waals surface area contributed by atoms with Crippen LogP contribution in [-0.4, -0.2) is 18.9 Å². The summed E-state index contributed by atoms with van der Waals surface area (Å²) in [6.07, 6.45) is 4.75. The molecule has 0 aliphatic heterocycles. The van der Waals surface area contributed by atoms with E-state index in [1.54, 1.807) is 6.92 Å². The molecule has 0 heterocycles. The van der Waals surface area contributed by atoms with E-state index in [2.05, 4.69) is 0 Å². The van der Waals surface area contributed by atoms with E-state index in [-0.39, 0.29) is 5.97 Å². The molecular formula is C10H18O3. The average molecular weight is 186 g/mol. The van der Waals surface area contributed by atoms with Crippen LogP contribution in [0.5, 0.6) is 0 Å². The maximum Gasteiger partial charge on any atom is 0.304 e. The van der Waals surface area contributed by atoms with Gasteiger partial charge in [0.1, 0.15) is 0 Å². The molecule has 1 rings (SSSR count). The molecule has 0 spiro atoms. The third-order valence-electron chi connectivity index (χ3n) is 2.37. The Bertz CT molecular complexity index is 162. The van der Waals surface area contributed by atoms with Gasteiger partial charge in [-0.15, -0.1) is 0 Å². The summed E-state index contributed by atoms with van der Waals surface area (Å²) in [5.41, 5.74) is 0. The van der Waals surface area contributed by atoms with Gasteiger partial charge < -0.3 is 9.47 Å². The minimum atomic E-state index is -0.391. The molecule has 1 aliphatic rings. The lowest BCUT2D eigenvalue weighted by Crippen LogP contribution is -2.19. The van der Waals surface area contributed by atoms with Crippen LogP contribution in [0.15, 0.2) is 0 Å². The lowest BCUT2D eigenvalue weighted by atomic mass is 10.1. The van der Waals surface area contributed by atoms with Crippen LogP contribution in [-0.2, 0) is 14.3 Å². The predicted molar refractivity (Wildman–Crippen MR) is 49.1 cm³/mol. The van der Waals surface area contributed by atoms with Gasteiger partial charge in [-0.25, -0.2) is 0 Å². The molecule has 76 valence electrons. The van der Waals surface area contributed by atoms with Crippen molar-refractivity contribution in [2.75, 3.05) is 6.61 Å². The van der Waals surface area contributed by atoms with E-state index in [4.69, 9.17) is 9.47 Å². The number of hydrogen-bond donors (Lipinski definition) is 0. The molecule has 0 aromatic carbocycles. The Balaban J connectivity index is 2.06. The van der Waals surface area contributed by atoms with Crippen LogP contribution in [0.4, 0.5) is 0 Å². The second-order valence-electron chi connectivity index (χ2n) is 3.66. The summed E-state index contributed by atoms with van der Waals surface area (Å²) in [5.74, 6) is 0.400. The highest BCUT2D eigenvalue weighted by Crippen LogP contribution is 2.25. The molecule has 0 N–H and O–H groups in total. The normalized spacial score (nSPS) is 20.2. The molecule has 13 heavy (non-hydrogen) atoms. The smallest absolute Gasteiger partial charge is 0.304 e. The van der Waals surface area contributed by atoms with Crippen LogP contribution in [0.1, 0.15) is 39.5 Å². The first-order valence-corrected chi connectivity index (χ1v) is 4.97. The Hall–Kier alpha value is -0.570. The zero-order valence-electron chi connectivity index (χ0n) is 8.41. The number of carbonyl (C=O) groups is 1. The molecule has 1 aliphatic carbocycles. The van der Waals surface area contributed by atoms with Gasteiger partial charge in [0.05, 0.1) is 6.61 Å². The third-order valence-corrected chi connectivity index (χ3v) is 2.37. The zero-order valence-corrected chi connectivity index (χ0v) is 8.41. The van der Waals surface area contributed by atoms with Crippen LogP contribution >= 0.6 is 0 Å². The van der Waals surface area contributed by atoms with E-state index in [9.17, 15) is 4.79 Å². The standard InChI is InChI=1S/C10H18O3/c1-8(11)13-9(2)12-7-10-5-3-4-6-10/h9-10H,3-7H2,1-2H3. The van der Waals surface area contributed by atoms with Gasteiger partial charge in [0.2, 0.25) is 0 Å². The zero-order chi connectivity index (χ0) is 9.68. The van der Waals surface area contributed by atoms with E-state index in [1.165, 1.54) is 32.6 Å². The molecule has 0 aromatic heterocycles. The van der Waals surface area contributed by atoms with Crippen LogP contribution in [0, 0.1) is 5.92 Å². The third kappa shape index (κ3) is 4.27. The van der Waals surface area contributed by atoms with Crippen LogP contribution in [0.3, 0.4) is 0 Å². The van der Waals surface area contributed by atoms with Gasteiger partial charge in [-0.3, -0.25) is 4.79 Å². The molecule has 3 heteroatoms. The van der Waals surface area contributed by atoms with Crippen molar-refractivity contribution < 1.29 is 14.3 Å². The van der Waals surface area contributed by atoms with Crippen molar-refractivity contribution in [2.45, 2.75) is 45.8 Å². The van der Waals surface area contributed by atoms with Crippen molar-refractivity contribution in [1.82, 2.24) is 0 Å². The summed E-state index contributed by atoms with van der Waals surface area (Å²) in [4.78, 5) is 10.5. The summed E-state index contributed by atoms with van der Waals surface area (Å²) >= 11 is 0. The van der Waals surface area contributed by atoms with Gasteiger partial charge in [0, 0.05) is 6.92 Å². The fourth-order valence-electron chi connectivity index (χ4n) is 1.72. The number of hydrogen-bond acceptors (Lipinski definition) is 3. The summed E-state index contributed by atoms with van der Waals surface area (Å²) in [6, 6.07) is 0. The monoisotopic (exact) mass is 186 g/mol. The van der Waals surface area contributed by atoms with Crippen molar-refractivity contribution in [3.05, 3.63) is 0 Å². The first-order chi connectivity index (χ1) is 6.18. The lowest BCUT2D eigenvalue weighted by molar-refractivity contribution is -0.174. The van der Waals surface area contributed by atoms with E-state index >= 15 is 0 Å². The fourth-order valence-corrected chi connectivity index (χ4v) is 1.72. The second-order valence-corrected chi connectivity index (χ2v) is 3.66. The molecule has 0 bridgehead atoms. The van der Waals surface area contributed by atoms with E-state index in [1.807, 2.05) is 0 Å². The van der Waals surface area contributed by atoms with E-state index in [0.29, 0.717) is 5.92 Å². The van der Waals surface area contributed by atoms with Crippen molar-refractivity contribution in [2.24, 2.45) is 5.92 Å². The van der Waals surface area contributed by atoms with Gasteiger partial charge >= 0.3 is 5.97 Å². The van der Waals surface area contributed by atoms with Crippen molar-refractivity contribution in [3.63, 3.8) is 0 Å². The fraction of sp³-hybridized carbons (Fsp3) is 0.900. The highest BCUT2D eigenvalue weighted by molar-refractivity contribution is 5.65. The van der Waals surface area contributed by atoms with E-state index < -0.39 is 6.29 Å². The molecule has 0 aromatic rings. The Labute approximate surface area is 79.4 Å². The molecule has 1 fully saturated rings. The van der Waals surface area contributed by atoms with Crippen molar-refractivity contribution in [1.29, 1.82) is 0 Å². The van der Waals surface area contributed by atoms with Gasteiger partial charge in [-0.1, -0.05) is 12.8 Å². The summed E-state index contributed by atoms with van der Waals surface area (Å²) in [6.45, 7) is 3.89. The average Bonchev–Trinajstić information content (AvgIpc) is 2.51. The van der Waals surface area contributed by atoms with Crippen LogP contribution in [0.25, 0.3) is 0 Å². The first-order valence-electron chi connectivity index (χ1n) is 4.97. The molecule has 0 amide bonds. The second kappa shape index (κ2) is 5.22. The highest BCUT2D eigenvalue weighted by atomic mass is 16.7. The maximum atomic E-state index is 10.5. The van der Waals surface area contributed by atoms with Gasteiger partial charge in [-0.05, 0) is 25.7 Å². The van der Waals surface area contributed by atoms with Gasteiger partial charge in [0.15, 0.2) is 6.29 Å². The molecule has 1 atom stereocenters. The summed E-state index contributed by atoms with van der Waals surface area (Å²) in [5, 5.41) is 0. The molecule has 3 nitrogen and oxygen atoms in total. The summed E-state index contributed by atoms with van der Waals surface area (Å²) in [7, 11) is 0. The molecule has 1 unspecified atom stereocenters. The SMILES string of the molecule is CC(=O)OC(C)OCC1CCCC1. The number of rotatable bonds is 4. The van der Waals surface area contributed by atoms with Crippen molar-refractivity contribution in [3.8, 4) is 0 Å². The minimum absolute atomic E-state index is 0.279. The van der Waals surface area contributed by atoms with Crippen molar-refractivity contribution >= 4 is 5.97 Å². The van der Waals surface area contributed by atoms with Gasteiger partial charge in [-0.2, -0.15) is 0 Å². The van der Waals surface area contributed by atoms with Crippen LogP contribution in [0.2, 0.25) is 0 Å². The molecule has 0 saturated heterocycles. The number of carbonyl (C=O) groups excluding carboxylic acids is 1. The maximum absolute atomic E-state index is 10.5. The number of ether oxygens (including phenoxy) is 2. The minimum Gasteiger partial charge on any atom is -0.436 e. The first kappa shape index (κ1) is 10.5. The largest absolute Gasteiger partial charge is 0.436 e. The Morgan fingerprint density at radius 2 is 2.08 bits per heavy atom. The topological polar surface area (TPSA) is 35.5 Å². The Kier molecular flexibility index (Phi) is 4.22. The quantitative estimate of drug-likeness (QED) is 0.498. The molecule has 1 saturated carbocycles. The predicted octanol–water partition coefficient (Wildman–Crippen LogP) is 2.10. The van der Waals surface area contributed by atoms with E-state index in [0.717, 1.165) is 6.61 Å². The number of esters is 1. The van der Waals surface area contributed by atoms with Gasteiger partial charge in [0.25, 0.3) is 0 Å². The molecule has 0 radical (unpaired) electrons. The highest BCUT2D eigenvalue weighted by Gasteiger charge is 2.16. The Morgan fingerprint density at radius 3 is 2.62 bits per heavy atom. The lowest BCUT2D eigenvalue weighted by Gasteiger charge is -2.15. The van der Waals surface area contributed by atoms with Crippen LogP contribution < -0.4 is 0 Å².